The molecular formula is C26H28N4O4S. The highest BCUT2D eigenvalue weighted by Crippen LogP contribution is 2.10. The van der Waals surface area contributed by atoms with E-state index < -0.39 is 24.0 Å². The molecule has 2 atom stereocenters. The summed E-state index contributed by atoms with van der Waals surface area (Å²) in [5.41, 5.74) is 4.34. The van der Waals surface area contributed by atoms with Crippen molar-refractivity contribution in [3.05, 3.63) is 87.6 Å². The van der Waals surface area contributed by atoms with Crippen molar-refractivity contribution in [2.75, 3.05) is 18.4 Å². The maximum atomic E-state index is 12.3. The summed E-state index contributed by atoms with van der Waals surface area (Å²) in [7, 11) is 0. The van der Waals surface area contributed by atoms with Gasteiger partial charge in [0.05, 0.1) is 6.10 Å². The molecule has 0 saturated heterocycles. The van der Waals surface area contributed by atoms with E-state index >= 15 is 0 Å². The van der Waals surface area contributed by atoms with Gasteiger partial charge < -0.3 is 21.1 Å². The molecule has 0 fully saturated rings. The topological polar surface area (TPSA) is 123 Å². The Hall–Kier alpha value is -3.68. The van der Waals surface area contributed by atoms with E-state index in [-0.39, 0.29) is 0 Å². The Kier molecular flexibility index (Phi) is 9.83. The zero-order valence-corrected chi connectivity index (χ0v) is 20.1. The molecule has 0 saturated carbocycles. The molecule has 0 spiro atoms. The number of amides is 2. The molecule has 35 heavy (non-hydrogen) atoms. The van der Waals surface area contributed by atoms with Gasteiger partial charge in [-0.2, -0.15) is 0 Å². The van der Waals surface area contributed by atoms with E-state index in [4.69, 9.17) is 5.21 Å². The van der Waals surface area contributed by atoms with Gasteiger partial charge in [-0.15, -0.1) is 11.3 Å². The average molecular weight is 493 g/mol. The highest BCUT2D eigenvalue weighted by atomic mass is 32.1. The number of nitrogens with one attached hydrogen (secondary N) is 4. The molecule has 0 aliphatic carbocycles. The first-order chi connectivity index (χ1) is 17.0. The predicted molar refractivity (Wildman–Crippen MR) is 136 cm³/mol. The second-order valence-corrected chi connectivity index (χ2v) is 8.79. The minimum atomic E-state index is -1.27. The van der Waals surface area contributed by atoms with Crippen molar-refractivity contribution in [2.45, 2.75) is 25.6 Å². The van der Waals surface area contributed by atoms with Crippen LogP contribution in [-0.2, 0) is 11.3 Å². The van der Waals surface area contributed by atoms with Crippen molar-refractivity contribution in [3.8, 4) is 11.8 Å². The largest absolute Gasteiger partial charge is 0.391 e. The van der Waals surface area contributed by atoms with Crippen molar-refractivity contribution < 1.29 is 19.9 Å². The third-order valence-corrected chi connectivity index (χ3v) is 5.93. The molecule has 2 amide bonds. The smallest absolute Gasteiger partial charge is 0.268 e. The fourth-order valence-corrected chi connectivity index (χ4v) is 3.81. The predicted octanol–water partition coefficient (Wildman–Crippen LogP) is 2.33. The van der Waals surface area contributed by atoms with Gasteiger partial charge in [0.15, 0.2) is 0 Å². The van der Waals surface area contributed by atoms with Gasteiger partial charge >= 0.3 is 0 Å². The van der Waals surface area contributed by atoms with E-state index in [9.17, 15) is 14.7 Å². The third kappa shape index (κ3) is 8.24. The second kappa shape index (κ2) is 13.3. The van der Waals surface area contributed by atoms with E-state index in [0.29, 0.717) is 5.56 Å². The molecule has 2 aromatic carbocycles. The van der Waals surface area contributed by atoms with Crippen LogP contribution in [0.2, 0.25) is 0 Å². The minimum absolute atomic E-state index is 0.298. The van der Waals surface area contributed by atoms with Crippen molar-refractivity contribution in [2.24, 2.45) is 0 Å². The van der Waals surface area contributed by atoms with Gasteiger partial charge in [0.1, 0.15) is 6.04 Å². The Balaban J connectivity index is 1.48. The van der Waals surface area contributed by atoms with Crippen LogP contribution >= 0.6 is 11.3 Å². The zero-order chi connectivity index (χ0) is 25.0. The zero-order valence-electron chi connectivity index (χ0n) is 19.2. The number of rotatable bonds is 10. The molecule has 1 heterocycles. The second-order valence-electron chi connectivity index (χ2n) is 7.76. The van der Waals surface area contributed by atoms with Gasteiger partial charge in [0, 0.05) is 46.9 Å². The lowest BCUT2D eigenvalue weighted by Gasteiger charge is -2.19. The molecule has 182 valence electrons. The van der Waals surface area contributed by atoms with Gasteiger partial charge in [0.25, 0.3) is 11.8 Å². The van der Waals surface area contributed by atoms with E-state index in [2.05, 4.69) is 45.3 Å². The highest BCUT2D eigenvalue weighted by Gasteiger charge is 2.25. The van der Waals surface area contributed by atoms with Crippen LogP contribution in [0, 0.1) is 11.8 Å². The molecule has 6 N–H and O–H groups in total. The average Bonchev–Trinajstić information content (AvgIpc) is 3.39. The van der Waals surface area contributed by atoms with Gasteiger partial charge in [-0.3, -0.25) is 14.8 Å². The monoisotopic (exact) mass is 492 g/mol. The first-order valence-electron chi connectivity index (χ1n) is 11.1. The molecule has 1 aromatic heterocycles. The maximum Gasteiger partial charge on any atom is 0.268 e. The number of anilines is 1. The maximum absolute atomic E-state index is 12.3. The van der Waals surface area contributed by atoms with Crippen LogP contribution in [0.5, 0.6) is 0 Å². The molecule has 3 rings (SSSR count). The summed E-state index contributed by atoms with van der Waals surface area (Å²) in [4.78, 5) is 25.2. The molecule has 9 heteroatoms. The summed E-state index contributed by atoms with van der Waals surface area (Å²) in [6.45, 7) is 3.90. The van der Waals surface area contributed by atoms with E-state index in [1.165, 1.54) is 17.3 Å². The fourth-order valence-electron chi connectivity index (χ4n) is 3.14. The summed E-state index contributed by atoms with van der Waals surface area (Å²) in [5, 5.41) is 29.6. The number of benzene rings is 2. The summed E-state index contributed by atoms with van der Waals surface area (Å²) < 4.78 is 0. The minimum Gasteiger partial charge on any atom is -0.391 e. The number of aliphatic hydroxyl groups excluding tert-OH is 1. The van der Waals surface area contributed by atoms with E-state index in [1.54, 1.807) is 35.6 Å². The van der Waals surface area contributed by atoms with Crippen molar-refractivity contribution in [1.82, 2.24) is 16.1 Å². The molecular weight excluding hydrogens is 464 g/mol. The summed E-state index contributed by atoms with van der Waals surface area (Å²) in [6, 6.07) is 17.3. The first-order valence-corrected chi connectivity index (χ1v) is 12.0. The molecule has 0 unspecified atom stereocenters. The van der Waals surface area contributed by atoms with Crippen LogP contribution in [0.4, 0.5) is 5.69 Å². The Bertz CT molecular complexity index is 1150. The molecule has 0 radical (unpaired) electrons. The van der Waals surface area contributed by atoms with Crippen LogP contribution in [0.25, 0.3) is 0 Å². The number of carbonyl (C=O) groups is 2. The van der Waals surface area contributed by atoms with Gasteiger partial charge in [-0.1, -0.05) is 17.9 Å². The highest BCUT2D eigenvalue weighted by molar-refractivity contribution is 7.09. The van der Waals surface area contributed by atoms with E-state index in [1.807, 2.05) is 24.3 Å². The molecule has 0 aliphatic heterocycles. The van der Waals surface area contributed by atoms with Crippen LogP contribution in [-0.4, -0.2) is 47.4 Å². The Morgan fingerprint density at radius 2 is 1.63 bits per heavy atom. The fraction of sp³-hybridized carbons (Fsp3) is 0.231. The van der Waals surface area contributed by atoms with Crippen molar-refractivity contribution in [3.63, 3.8) is 0 Å². The van der Waals surface area contributed by atoms with Crippen molar-refractivity contribution >= 4 is 28.8 Å². The quantitative estimate of drug-likeness (QED) is 0.112. The first kappa shape index (κ1) is 25.9. The van der Waals surface area contributed by atoms with Gasteiger partial charge in [-0.05, 0) is 66.9 Å². The lowest BCUT2D eigenvalue weighted by molar-refractivity contribution is -0.133. The van der Waals surface area contributed by atoms with E-state index in [0.717, 1.165) is 36.4 Å². The normalized spacial score (nSPS) is 12.1. The van der Waals surface area contributed by atoms with Crippen LogP contribution in [0.1, 0.15) is 33.3 Å². The van der Waals surface area contributed by atoms with Crippen LogP contribution < -0.4 is 21.4 Å². The van der Waals surface area contributed by atoms with Crippen LogP contribution in [0.15, 0.2) is 66.0 Å². The Morgan fingerprint density at radius 1 is 0.971 bits per heavy atom. The standard InChI is InChI=1S/C26H28N4O4S/c1-18(31)24(26(33)30-34)29-25(32)21-10-6-19(7-11-21)4-5-20-8-12-22(13-9-20)28-15-14-27-17-23-3-2-16-35-23/h2-3,6-13,16,18,24,27-28,31,34H,14-15,17H2,1H3,(H,29,32)(H,30,33)/t18-,24+/m1/s1. The molecule has 0 bridgehead atoms. The van der Waals surface area contributed by atoms with Crippen molar-refractivity contribution in [1.29, 1.82) is 0 Å². The molecule has 0 aliphatic rings. The Morgan fingerprint density at radius 3 is 2.20 bits per heavy atom. The van der Waals surface area contributed by atoms with Gasteiger partial charge in [-0.25, -0.2) is 5.48 Å². The van der Waals surface area contributed by atoms with Gasteiger partial charge in [0.2, 0.25) is 0 Å². The number of carbonyl (C=O) groups excluding carboxylic acids is 2. The SMILES string of the molecule is C[C@@H](O)[C@H](NC(=O)c1ccc(C#Cc2ccc(NCCNCc3cccs3)cc2)cc1)C(=O)NO. The molecule has 3 aromatic rings. The number of hydrogen-bond acceptors (Lipinski definition) is 7. The summed E-state index contributed by atoms with van der Waals surface area (Å²) >= 11 is 1.75. The number of hydrogen-bond donors (Lipinski definition) is 6. The summed E-state index contributed by atoms with van der Waals surface area (Å²) in [6.07, 6.45) is -1.18. The lowest BCUT2D eigenvalue weighted by atomic mass is 10.1. The van der Waals surface area contributed by atoms with Crippen LogP contribution in [0.3, 0.4) is 0 Å². The summed E-state index contributed by atoms with van der Waals surface area (Å²) in [5.74, 6) is 4.70. The number of aliphatic hydroxyl groups is 1. The number of thiophene rings is 1. The lowest BCUT2D eigenvalue weighted by Crippen LogP contribution is -2.51. The Labute approximate surface area is 208 Å². The molecule has 8 nitrogen and oxygen atoms in total. The third-order valence-electron chi connectivity index (χ3n) is 5.06. The number of hydroxylamine groups is 1.